The van der Waals surface area contributed by atoms with Crippen molar-refractivity contribution in [1.82, 2.24) is 9.97 Å². The predicted octanol–water partition coefficient (Wildman–Crippen LogP) is -2.17. The molecule has 0 fully saturated rings. The molecule has 6 N–H and O–H groups in total. The van der Waals surface area contributed by atoms with Crippen molar-refractivity contribution in [3.05, 3.63) is 22.2 Å². The molecule has 1 aromatic rings. The number of aromatic nitrogens is 2. The van der Waals surface area contributed by atoms with Crippen molar-refractivity contribution < 1.29 is 15.3 Å². The van der Waals surface area contributed by atoms with Gasteiger partial charge in [0, 0.05) is 6.54 Å². The molecular weight excluding hydrogens is 190 g/mol. The van der Waals surface area contributed by atoms with Crippen LogP contribution in [0.4, 0.5) is 0 Å². The lowest BCUT2D eigenvalue weighted by molar-refractivity contribution is 0.0216. The van der Waals surface area contributed by atoms with Crippen LogP contribution >= 0.6 is 0 Å². The predicted molar refractivity (Wildman–Crippen MR) is 46.5 cm³/mol. The molecule has 1 aromatic heterocycles. The van der Waals surface area contributed by atoms with E-state index < -0.39 is 23.6 Å². The quantitative estimate of drug-likeness (QED) is 0.378. The maximum Gasteiger partial charge on any atom is 0.260 e. The van der Waals surface area contributed by atoms with E-state index in [1.807, 2.05) is 0 Å². The molecule has 0 saturated heterocycles. The van der Waals surface area contributed by atoms with Crippen LogP contribution in [0, 0.1) is 0 Å². The van der Waals surface area contributed by atoms with Crippen LogP contribution < -0.4 is 11.3 Å². The summed E-state index contributed by atoms with van der Waals surface area (Å²) < 4.78 is 0. The molecule has 0 spiro atoms. The Kier molecular flexibility index (Phi) is 3.18. The number of nitrogens with one attached hydrogen (secondary N) is 1. The van der Waals surface area contributed by atoms with E-state index in [4.69, 9.17) is 15.9 Å². The summed E-state index contributed by atoms with van der Waals surface area (Å²) in [7, 11) is 0. The van der Waals surface area contributed by atoms with Crippen molar-refractivity contribution in [1.29, 1.82) is 0 Å². The van der Waals surface area contributed by atoms with Crippen LogP contribution in [0.25, 0.3) is 0 Å². The Bertz CT molecular complexity index is 364. The highest BCUT2D eigenvalue weighted by atomic mass is 16.3. The van der Waals surface area contributed by atoms with Crippen LogP contribution in [0.5, 0.6) is 5.88 Å². The van der Waals surface area contributed by atoms with E-state index in [0.29, 0.717) is 0 Å². The molecule has 2 atom stereocenters. The first-order valence-electron chi connectivity index (χ1n) is 3.90. The van der Waals surface area contributed by atoms with E-state index in [1.54, 1.807) is 0 Å². The van der Waals surface area contributed by atoms with Gasteiger partial charge in [0.1, 0.15) is 11.7 Å². The van der Waals surface area contributed by atoms with E-state index in [9.17, 15) is 9.90 Å². The molecule has 14 heavy (non-hydrogen) atoms. The van der Waals surface area contributed by atoms with Crippen LogP contribution in [0.2, 0.25) is 0 Å². The van der Waals surface area contributed by atoms with Crippen LogP contribution in [0.15, 0.2) is 11.1 Å². The fraction of sp³-hybridized carbons (Fsp3) is 0.429. The first-order chi connectivity index (χ1) is 6.57. The third-order valence-electron chi connectivity index (χ3n) is 1.77. The van der Waals surface area contributed by atoms with Gasteiger partial charge in [0.2, 0.25) is 5.88 Å². The van der Waals surface area contributed by atoms with Crippen LogP contribution in [0.1, 0.15) is 11.7 Å². The molecule has 0 aromatic carbocycles. The number of nitrogens with zero attached hydrogens (tertiary/aromatic N) is 1. The number of aliphatic hydroxyl groups is 2. The second-order valence-corrected chi connectivity index (χ2v) is 2.72. The van der Waals surface area contributed by atoms with Crippen LogP contribution in [0.3, 0.4) is 0 Å². The first-order valence-corrected chi connectivity index (χ1v) is 3.90. The monoisotopic (exact) mass is 201 g/mol. The molecule has 0 bridgehead atoms. The van der Waals surface area contributed by atoms with E-state index in [1.165, 1.54) is 0 Å². The molecule has 0 saturated carbocycles. The zero-order chi connectivity index (χ0) is 10.7. The second-order valence-electron chi connectivity index (χ2n) is 2.72. The van der Waals surface area contributed by atoms with Gasteiger partial charge in [0.25, 0.3) is 5.56 Å². The molecule has 0 amide bonds. The summed E-state index contributed by atoms with van der Waals surface area (Å²) in [5, 5.41) is 27.7. The van der Waals surface area contributed by atoms with Gasteiger partial charge < -0.3 is 26.0 Å². The number of hydrogen-bond donors (Lipinski definition) is 5. The highest BCUT2D eigenvalue weighted by Gasteiger charge is 2.23. The fourth-order valence-corrected chi connectivity index (χ4v) is 0.989. The Balaban J connectivity index is 3.12. The van der Waals surface area contributed by atoms with Gasteiger partial charge in [-0.25, -0.2) is 4.98 Å². The Labute approximate surface area is 78.8 Å². The fourth-order valence-electron chi connectivity index (χ4n) is 0.989. The van der Waals surface area contributed by atoms with E-state index in [2.05, 4.69) is 9.97 Å². The molecule has 0 aliphatic rings. The highest BCUT2D eigenvalue weighted by molar-refractivity contribution is 5.24. The van der Waals surface area contributed by atoms with E-state index in [-0.39, 0.29) is 12.1 Å². The minimum atomic E-state index is -1.54. The number of rotatable bonds is 3. The van der Waals surface area contributed by atoms with Gasteiger partial charge in [-0.2, -0.15) is 0 Å². The standard InChI is InChI=1S/C7H11N3O4/c8-1-3(11)5(12)4-6(13)9-2-10-7(4)14/h2-3,5,11-12H,1,8H2,(H2,9,10,13,14). The Morgan fingerprint density at radius 3 is 2.71 bits per heavy atom. The van der Waals surface area contributed by atoms with E-state index >= 15 is 0 Å². The molecule has 7 nitrogen and oxygen atoms in total. The third-order valence-corrected chi connectivity index (χ3v) is 1.77. The second kappa shape index (κ2) is 4.18. The molecule has 2 unspecified atom stereocenters. The van der Waals surface area contributed by atoms with Crippen molar-refractivity contribution in [3.8, 4) is 5.88 Å². The molecule has 78 valence electrons. The highest BCUT2D eigenvalue weighted by Crippen LogP contribution is 2.19. The number of aliphatic hydroxyl groups excluding tert-OH is 2. The van der Waals surface area contributed by atoms with E-state index in [0.717, 1.165) is 6.33 Å². The summed E-state index contributed by atoms with van der Waals surface area (Å²) in [4.78, 5) is 16.7. The number of aromatic amines is 1. The average Bonchev–Trinajstić information content (AvgIpc) is 2.16. The third kappa shape index (κ3) is 1.90. The number of nitrogens with two attached hydrogens (primary N) is 1. The molecule has 0 aliphatic carbocycles. The summed E-state index contributed by atoms with van der Waals surface area (Å²) in [5.41, 5.74) is 3.99. The first kappa shape index (κ1) is 10.6. The molecule has 1 heterocycles. The SMILES string of the molecule is NCC(O)C(O)c1c(O)nc[nH]c1=O. The van der Waals surface area contributed by atoms with Gasteiger partial charge in [-0.3, -0.25) is 4.79 Å². The lowest BCUT2D eigenvalue weighted by atomic mass is 10.1. The zero-order valence-electron chi connectivity index (χ0n) is 7.21. The normalized spacial score (nSPS) is 15.1. The van der Waals surface area contributed by atoms with Crippen LogP contribution in [-0.2, 0) is 0 Å². The number of hydrogen-bond acceptors (Lipinski definition) is 6. The topological polar surface area (TPSA) is 132 Å². The van der Waals surface area contributed by atoms with Crippen LogP contribution in [-0.4, -0.2) is 37.9 Å². The molecule has 0 radical (unpaired) electrons. The summed E-state index contributed by atoms with van der Waals surface area (Å²) in [6, 6.07) is 0. The smallest absolute Gasteiger partial charge is 0.260 e. The Hall–Kier alpha value is -1.44. The largest absolute Gasteiger partial charge is 0.493 e. The van der Waals surface area contributed by atoms with Crippen molar-refractivity contribution in [2.45, 2.75) is 12.2 Å². The maximum absolute atomic E-state index is 11.1. The van der Waals surface area contributed by atoms with Crippen molar-refractivity contribution in [2.75, 3.05) is 6.54 Å². The van der Waals surface area contributed by atoms with Gasteiger partial charge >= 0.3 is 0 Å². The molecule has 0 aliphatic heterocycles. The Morgan fingerprint density at radius 2 is 2.21 bits per heavy atom. The summed E-state index contributed by atoms with van der Waals surface area (Å²) in [5.74, 6) is -0.617. The van der Waals surface area contributed by atoms with Gasteiger partial charge in [-0.1, -0.05) is 0 Å². The average molecular weight is 201 g/mol. The van der Waals surface area contributed by atoms with Crippen molar-refractivity contribution in [2.24, 2.45) is 5.73 Å². The van der Waals surface area contributed by atoms with Gasteiger partial charge in [-0.15, -0.1) is 0 Å². The number of aromatic hydroxyl groups is 1. The molecule has 1 rings (SSSR count). The lowest BCUT2D eigenvalue weighted by Gasteiger charge is -2.15. The van der Waals surface area contributed by atoms with Crippen molar-refractivity contribution in [3.63, 3.8) is 0 Å². The Morgan fingerprint density at radius 1 is 1.57 bits per heavy atom. The maximum atomic E-state index is 11.1. The molecular formula is C7H11N3O4. The van der Waals surface area contributed by atoms with Gasteiger partial charge in [-0.05, 0) is 0 Å². The van der Waals surface area contributed by atoms with Gasteiger partial charge in [0.15, 0.2) is 0 Å². The van der Waals surface area contributed by atoms with Crippen molar-refractivity contribution >= 4 is 0 Å². The number of H-pyrrole nitrogens is 1. The summed E-state index contributed by atoms with van der Waals surface area (Å²) >= 11 is 0. The zero-order valence-corrected chi connectivity index (χ0v) is 7.21. The summed E-state index contributed by atoms with van der Waals surface area (Å²) in [6.45, 7) is -0.227. The van der Waals surface area contributed by atoms with Gasteiger partial charge in [0.05, 0.1) is 12.4 Å². The molecule has 7 heteroatoms. The minimum absolute atomic E-state index is 0.227. The lowest BCUT2D eigenvalue weighted by Crippen LogP contribution is -2.31. The summed E-state index contributed by atoms with van der Waals surface area (Å²) in [6.07, 6.45) is -1.87. The minimum Gasteiger partial charge on any atom is -0.493 e.